The molecule has 0 fully saturated rings. The minimum Gasteiger partial charge on any atom is -0.486 e. The van der Waals surface area contributed by atoms with Gasteiger partial charge in [0.05, 0.1) is 24.2 Å². The molecule has 0 saturated carbocycles. The Morgan fingerprint density at radius 3 is 2.68 bits per heavy atom. The largest absolute Gasteiger partial charge is 0.486 e. The molecule has 0 bridgehead atoms. The maximum absolute atomic E-state index is 13.7. The Morgan fingerprint density at radius 2 is 1.95 bits per heavy atom. The van der Waals surface area contributed by atoms with Gasteiger partial charge in [-0.25, -0.2) is 18.4 Å². The second kappa shape index (κ2) is 11.3. The van der Waals surface area contributed by atoms with E-state index in [-0.39, 0.29) is 41.5 Å². The normalized spacial score (nSPS) is 15.4. The number of esters is 1. The molecule has 0 spiro atoms. The number of carbonyl (C=O) groups excluding carboxylic acids is 1. The van der Waals surface area contributed by atoms with Crippen LogP contribution in [-0.4, -0.2) is 50.7 Å². The third-order valence-corrected chi connectivity index (χ3v) is 7.22. The summed E-state index contributed by atoms with van der Waals surface area (Å²) in [6, 6.07) is 11.6. The lowest BCUT2D eigenvalue weighted by molar-refractivity contribution is -0.141. The summed E-state index contributed by atoms with van der Waals surface area (Å²) >= 11 is 0. The first-order valence-corrected chi connectivity index (χ1v) is 12.6. The van der Waals surface area contributed by atoms with E-state index in [1.165, 1.54) is 25.3 Å². The molecular formula is C25H23F2N3O6S. The van der Waals surface area contributed by atoms with Crippen LogP contribution in [0.4, 0.5) is 14.5 Å². The summed E-state index contributed by atoms with van der Waals surface area (Å²) in [5.41, 5.74) is 0.906. The molecule has 3 aromatic rings. The van der Waals surface area contributed by atoms with Crippen molar-refractivity contribution < 1.29 is 36.2 Å². The molecule has 1 aromatic heterocycles. The molecule has 37 heavy (non-hydrogen) atoms. The minimum absolute atomic E-state index is 0.0278. The molecule has 0 amide bonds. The zero-order valence-corrected chi connectivity index (χ0v) is 20.5. The Balaban J connectivity index is 1.71. The number of halogens is 2. The summed E-state index contributed by atoms with van der Waals surface area (Å²) < 4.78 is 69.1. The summed E-state index contributed by atoms with van der Waals surface area (Å²) in [7, 11) is -2.97. The van der Waals surface area contributed by atoms with E-state index in [2.05, 4.69) is 19.4 Å². The zero-order chi connectivity index (χ0) is 26.4. The van der Waals surface area contributed by atoms with E-state index in [1.807, 2.05) is 0 Å². The number of ether oxygens (including phenoxy) is 3. The quantitative estimate of drug-likeness (QED) is 0.379. The van der Waals surface area contributed by atoms with Crippen LogP contribution in [0.5, 0.6) is 11.5 Å². The van der Waals surface area contributed by atoms with Crippen LogP contribution >= 0.6 is 0 Å². The Morgan fingerprint density at radius 1 is 1.16 bits per heavy atom. The van der Waals surface area contributed by atoms with Gasteiger partial charge in [-0.2, -0.15) is 8.78 Å². The summed E-state index contributed by atoms with van der Waals surface area (Å²) in [6.45, 7) is -3.21. The monoisotopic (exact) mass is 531 g/mol. The first-order chi connectivity index (χ1) is 17.8. The SMILES string of the molecule is COC(=O)CC[C@H]1CN(S(=O)(=O)c2cccc(OC(F)F)c2)c2cc(/C=C/c3ncccn3)ccc2O1. The van der Waals surface area contributed by atoms with Crippen molar-refractivity contribution in [2.45, 2.75) is 30.5 Å². The number of carbonyl (C=O) groups is 1. The molecule has 9 nitrogen and oxygen atoms in total. The molecule has 4 rings (SSSR count). The number of alkyl halides is 2. The highest BCUT2D eigenvalue weighted by Gasteiger charge is 2.35. The lowest BCUT2D eigenvalue weighted by Gasteiger charge is -2.35. The number of aromatic nitrogens is 2. The molecular weight excluding hydrogens is 508 g/mol. The number of anilines is 1. The number of benzene rings is 2. The first kappa shape index (κ1) is 26.0. The Bertz CT molecular complexity index is 1390. The summed E-state index contributed by atoms with van der Waals surface area (Å²) in [5.74, 6) is 0.0214. The van der Waals surface area contributed by atoms with Gasteiger partial charge in [-0.05, 0) is 48.4 Å². The highest BCUT2D eigenvalue weighted by molar-refractivity contribution is 7.92. The Kier molecular flexibility index (Phi) is 7.97. The van der Waals surface area contributed by atoms with Crippen LogP contribution in [0.15, 0.2) is 65.8 Å². The number of hydrogen-bond acceptors (Lipinski definition) is 8. The molecule has 0 saturated heterocycles. The average molecular weight is 532 g/mol. The second-order valence-electron chi connectivity index (χ2n) is 7.91. The number of sulfonamides is 1. The molecule has 2 aromatic carbocycles. The fourth-order valence-corrected chi connectivity index (χ4v) is 5.23. The van der Waals surface area contributed by atoms with E-state index in [0.717, 1.165) is 10.4 Å². The van der Waals surface area contributed by atoms with E-state index in [9.17, 15) is 22.0 Å². The average Bonchev–Trinajstić information content (AvgIpc) is 2.90. The number of methoxy groups -OCH3 is 1. The molecule has 1 atom stereocenters. The molecule has 2 heterocycles. The molecule has 0 N–H and O–H groups in total. The maximum atomic E-state index is 13.7. The molecule has 12 heteroatoms. The summed E-state index contributed by atoms with van der Waals surface area (Å²) in [5, 5.41) is 0. The number of nitrogens with zero attached hydrogens (tertiary/aromatic N) is 3. The molecule has 0 aliphatic carbocycles. The van der Waals surface area contributed by atoms with Crippen LogP contribution in [0.25, 0.3) is 12.2 Å². The van der Waals surface area contributed by atoms with Gasteiger partial charge >= 0.3 is 12.6 Å². The van der Waals surface area contributed by atoms with Crippen LogP contribution < -0.4 is 13.8 Å². The van der Waals surface area contributed by atoms with Gasteiger partial charge in [-0.15, -0.1) is 0 Å². The van der Waals surface area contributed by atoms with Crippen LogP contribution in [0, 0.1) is 0 Å². The predicted molar refractivity (Wildman–Crippen MR) is 131 cm³/mol. The summed E-state index contributed by atoms with van der Waals surface area (Å²) in [4.78, 5) is 19.7. The summed E-state index contributed by atoms with van der Waals surface area (Å²) in [6.07, 6.45) is 6.18. The van der Waals surface area contributed by atoms with Gasteiger partial charge in [0.15, 0.2) is 5.82 Å². The molecule has 0 unspecified atom stereocenters. The van der Waals surface area contributed by atoms with Crippen molar-refractivity contribution in [2.75, 3.05) is 18.0 Å². The van der Waals surface area contributed by atoms with E-state index < -0.39 is 28.7 Å². The minimum atomic E-state index is -4.23. The highest BCUT2D eigenvalue weighted by Crippen LogP contribution is 2.39. The fraction of sp³-hybridized carbons (Fsp3) is 0.240. The van der Waals surface area contributed by atoms with Gasteiger partial charge in [0.2, 0.25) is 0 Å². The van der Waals surface area contributed by atoms with Crippen molar-refractivity contribution in [1.29, 1.82) is 0 Å². The first-order valence-electron chi connectivity index (χ1n) is 11.2. The zero-order valence-electron chi connectivity index (χ0n) is 19.7. The van der Waals surface area contributed by atoms with E-state index in [0.29, 0.717) is 11.4 Å². The lowest BCUT2D eigenvalue weighted by atomic mass is 10.1. The van der Waals surface area contributed by atoms with Crippen LogP contribution in [0.1, 0.15) is 24.2 Å². The second-order valence-corrected chi connectivity index (χ2v) is 9.77. The van der Waals surface area contributed by atoms with Gasteiger partial charge in [0.25, 0.3) is 10.0 Å². The van der Waals surface area contributed by atoms with Crippen molar-refractivity contribution in [1.82, 2.24) is 9.97 Å². The molecule has 1 aliphatic heterocycles. The van der Waals surface area contributed by atoms with Crippen molar-refractivity contribution in [3.63, 3.8) is 0 Å². The highest BCUT2D eigenvalue weighted by atomic mass is 32.2. The van der Waals surface area contributed by atoms with Crippen LogP contribution in [-0.2, 0) is 19.6 Å². The van der Waals surface area contributed by atoms with Gasteiger partial charge < -0.3 is 14.2 Å². The standard InChI is InChI=1S/C25H23F2N3O6S/c1-34-24(31)11-8-19-16-30(37(32,33)20-5-2-4-18(15-20)36-25(26)27)21-14-17(6-9-22(21)35-19)7-10-23-28-12-3-13-29-23/h2-7,9-10,12-15,19,25H,8,11,16H2,1H3/b10-7+/t19-/m0/s1. The van der Waals surface area contributed by atoms with E-state index >= 15 is 0 Å². The number of rotatable bonds is 9. The topological polar surface area (TPSA) is 108 Å². The molecule has 194 valence electrons. The third-order valence-electron chi connectivity index (χ3n) is 5.44. The van der Waals surface area contributed by atoms with Crippen molar-refractivity contribution in [3.05, 3.63) is 72.3 Å². The maximum Gasteiger partial charge on any atom is 0.387 e. The van der Waals surface area contributed by atoms with Crippen LogP contribution in [0.2, 0.25) is 0 Å². The predicted octanol–water partition coefficient (Wildman–Crippen LogP) is 4.16. The smallest absolute Gasteiger partial charge is 0.387 e. The van der Waals surface area contributed by atoms with Crippen molar-refractivity contribution in [3.8, 4) is 11.5 Å². The number of fused-ring (bicyclic) bond motifs is 1. The van der Waals surface area contributed by atoms with Gasteiger partial charge in [-0.3, -0.25) is 9.10 Å². The molecule has 1 aliphatic rings. The van der Waals surface area contributed by atoms with E-state index in [1.54, 1.807) is 48.8 Å². The third kappa shape index (κ3) is 6.39. The van der Waals surface area contributed by atoms with E-state index in [4.69, 9.17) is 4.74 Å². The van der Waals surface area contributed by atoms with Gasteiger partial charge in [-0.1, -0.05) is 18.2 Å². The van der Waals surface area contributed by atoms with Crippen molar-refractivity contribution >= 4 is 33.8 Å². The fourth-order valence-electron chi connectivity index (χ4n) is 3.70. The Labute approximate surface area is 212 Å². The van der Waals surface area contributed by atoms with Gasteiger partial charge in [0, 0.05) is 24.9 Å². The lowest BCUT2D eigenvalue weighted by Crippen LogP contribution is -2.43. The Hall–Kier alpha value is -4.06. The van der Waals surface area contributed by atoms with Gasteiger partial charge in [0.1, 0.15) is 17.6 Å². The number of hydrogen-bond donors (Lipinski definition) is 0. The molecule has 0 radical (unpaired) electrons. The van der Waals surface area contributed by atoms with Crippen molar-refractivity contribution in [2.24, 2.45) is 0 Å². The van der Waals surface area contributed by atoms with Crippen LogP contribution in [0.3, 0.4) is 0 Å².